The van der Waals surface area contributed by atoms with E-state index >= 15 is 0 Å². The molecule has 1 atom stereocenters. The van der Waals surface area contributed by atoms with Crippen LogP contribution in [-0.4, -0.2) is 6.54 Å². The quantitative estimate of drug-likeness (QED) is 0.868. The van der Waals surface area contributed by atoms with Crippen molar-refractivity contribution in [2.45, 2.75) is 13.0 Å². The van der Waals surface area contributed by atoms with Crippen LogP contribution < -0.4 is 5.32 Å². The Bertz CT molecular complexity index is 408. The van der Waals surface area contributed by atoms with Crippen molar-refractivity contribution < 1.29 is 8.83 Å². The summed E-state index contributed by atoms with van der Waals surface area (Å²) in [5, 5.41) is 3.70. The molecule has 80 valence electrons. The van der Waals surface area contributed by atoms with E-state index in [1.54, 1.807) is 18.6 Å². The fraction of sp³-hybridized carbons (Fsp3) is 0.273. The number of hydrogen-bond donors (Lipinski definition) is 1. The normalized spacial score (nSPS) is 12.9. The Morgan fingerprint density at radius 2 is 2.27 bits per heavy atom. The van der Waals surface area contributed by atoms with Gasteiger partial charge in [0.05, 0.1) is 18.6 Å². The third-order valence-electron chi connectivity index (χ3n) is 2.16. The van der Waals surface area contributed by atoms with Gasteiger partial charge >= 0.3 is 0 Å². The maximum absolute atomic E-state index is 5.75. The van der Waals surface area contributed by atoms with Gasteiger partial charge in [0.15, 0.2) is 5.22 Å². The standard InChI is InChI=1S/C11H12ClNO2/c1-2-13-11(8-5-6-14-7-8)9-3-4-10(12)15-9/h3-7,11,13H,2H2,1H3. The van der Waals surface area contributed by atoms with Crippen LogP contribution >= 0.6 is 11.6 Å². The highest BCUT2D eigenvalue weighted by molar-refractivity contribution is 6.28. The predicted molar refractivity (Wildman–Crippen MR) is 57.9 cm³/mol. The van der Waals surface area contributed by atoms with Crippen LogP contribution in [0.5, 0.6) is 0 Å². The smallest absolute Gasteiger partial charge is 0.193 e. The van der Waals surface area contributed by atoms with Crippen molar-refractivity contribution in [1.29, 1.82) is 0 Å². The topological polar surface area (TPSA) is 38.3 Å². The van der Waals surface area contributed by atoms with Crippen LogP contribution in [0.2, 0.25) is 5.22 Å². The van der Waals surface area contributed by atoms with Crippen LogP contribution in [0.15, 0.2) is 39.6 Å². The molecule has 0 radical (unpaired) electrons. The average molecular weight is 226 g/mol. The molecule has 2 heterocycles. The van der Waals surface area contributed by atoms with Gasteiger partial charge in [0.2, 0.25) is 0 Å². The van der Waals surface area contributed by atoms with E-state index in [2.05, 4.69) is 5.32 Å². The Kier molecular flexibility index (Phi) is 3.14. The molecule has 2 aromatic heterocycles. The molecule has 1 unspecified atom stereocenters. The molecule has 3 nitrogen and oxygen atoms in total. The summed E-state index contributed by atoms with van der Waals surface area (Å²) in [6.07, 6.45) is 3.34. The molecule has 0 saturated heterocycles. The molecule has 0 amide bonds. The van der Waals surface area contributed by atoms with Gasteiger partial charge in [-0.1, -0.05) is 6.92 Å². The SMILES string of the molecule is CCNC(c1ccoc1)c1ccc(Cl)o1. The van der Waals surface area contributed by atoms with Gasteiger partial charge in [0.25, 0.3) is 0 Å². The first-order valence-electron chi connectivity index (χ1n) is 4.82. The zero-order valence-corrected chi connectivity index (χ0v) is 9.12. The predicted octanol–water partition coefficient (Wildman–Crippen LogP) is 3.22. The second-order valence-electron chi connectivity index (χ2n) is 3.19. The van der Waals surface area contributed by atoms with Gasteiger partial charge in [-0.25, -0.2) is 0 Å². The van der Waals surface area contributed by atoms with Crippen molar-refractivity contribution >= 4 is 11.6 Å². The summed E-state index contributed by atoms with van der Waals surface area (Å²) in [5.41, 5.74) is 1.03. The Morgan fingerprint density at radius 1 is 1.40 bits per heavy atom. The number of nitrogens with one attached hydrogen (secondary N) is 1. The summed E-state index contributed by atoms with van der Waals surface area (Å²) >= 11 is 5.75. The van der Waals surface area contributed by atoms with Gasteiger partial charge in [-0.05, 0) is 36.3 Å². The van der Waals surface area contributed by atoms with Crippen LogP contribution in [0.3, 0.4) is 0 Å². The van der Waals surface area contributed by atoms with Crippen molar-refractivity contribution in [2.24, 2.45) is 0 Å². The molecule has 0 aliphatic heterocycles. The van der Waals surface area contributed by atoms with Crippen molar-refractivity contribution in [1.82, 2.24) is 5.32 Å². The minimum Gasteiger partial charge on any atom is -0.472 e. The largest absolute Gasteiger partial charge is 0.472 e. The zero-order chi connectivity index (χ0) is 10.7. The molecule has 0 aliphatic carbocycles. The molecule has 0 fully saturated rings. The van der Waals surface area contributed by atoms with E-state index in [-0.39, 0.29) is 6.04 Å². The van der Waals surface area contributed by atoms with Gasteiger partial charge in [-0.2, -0.15) is 0 Å². The molecule has 1 N–H and O–H groups in total. The highest BCUT2D eigenvalue weighted by Gasteiger charge is 2.17. The van der Waals surface area contributed by atoms with E-state index in [0.717, 1.165) is 17.9 Å². The summed E-state index contributed by atoms with van der Waals surface area (Å²) < 4.78 is 10.4. The van der Waals surface area contributed by atoms with Crippen LogP contribution in [-0.2, 0) is 0 Å². The summed E-state index contributed by atoms with van der Waals surface area (Å²) in [6, 6.07) is 5.51. The first-order chi connectivity index (χ1) is 7.31. The molecule has 0 saturated carbocycles. The maximum atomic E-state index is 5.75. The number of furan rings is 2. The maximum Gasteiger partial charge on any atom is 0.193 e. The van der Waals surface area contributed by atoms with Crippen molar-refractivity contribution in [3.8, 4) is 0 Å². The summed E-state index contributed by atoms with van der Waals surface area (Å²) in [4.78, 5) is 0. The third kappa shape index (κ3) is 2.25. The van der Waals surface area contributed by atoms with Gasteiger partial charge < -0.3 is 14.2 Å². The monoisotopic (exact) mass is 225 g/mol. The van der Waals surface area contributed by atoms with Gasteiger partial charge in [0, 0.05) is 5.56 Å². The second-order valence-corrected chi connectivity index (χ2v) is 3.56. The summed E-state index contributed by atoms with van der Waals surface area (Å²) in [6.45, 7) is 2.88. The summed E-state index contributed by atoms with van der Waals surface area (Å²) in [7, 11) is 0. The fourth-order valence-corrected chi connectivity index (χ4v) is 1.66. The molecule has 0 aromatic carbocycles. The van der Waals surface area contributed by atoms with E-state index in [1.807, 2.05) is 19.1 Å². The van der Waals surface area contributed by atoms with Crippen LogP contribution in [0.1, 0.15) is 24.3 Å². The minimum atomic E-state index is 0.00116. The molecule has 0 bridgehead atoms. The zero-order valence-electron chi connectivity index (χ0n) is 8.37. The Hall–Kier alpha value is -1.19. The van der Waals surface area contributed by atoms with E-state index in [0.29, 0.717) is 5.22 Å². The van der Waals surface area contributed by atoms with E-state index in [1.165, 1.54) is 0 Å². The Balaban J connectivity index is 2.27. The molecule has 0 spiro atoms. The molecular formula is C11H12ClNO2. The molecular weight excluding hydrogens is 214 g/mol. The van der Waals surface area contributed by atoms with Crippen molar-refractivity contribution in [3.05, 3.63) is 47.3 Å². The average Bonchev–Trinajstić information content (AvgIpc) is 2.85. The van der Waals surface area contributed by atoms with Gasteiger partial charge in [-0.3, -0.25) is 0 Å². The van der Waals surface area contributed by atoms with Crippen molar-refractivity contribution in [2.75, 3.05) is 6.54 Å². The highest BCUT2D eigenvalue weighted by Crippen LogP contribution is 2.25. The van der Waals surface area contributed by atoms with E-state index < -0.39 is 0 Å². The third-order valence-corrected chi connectivity index (χ3v) is 2.37. The first-order valence-corrected chi connectivity index (χ1v) is 5.19. The highest BCUT2D eigenvalue weighted by atomic mass is 35.5. The Morgan fingerprint density at radius 3 is 2.80 bits per heavy atom. The molecule has 2 aromatic rings. The number of hydrogen-bond acceptors (Lipinski definition) is 3. The van der Waals surface area contributed by atoms with E-state index in [4.69, 9.17) is 20.4 Å². The molecule has 15 heavy (non-hydrogen) atoms. The number of rotatable bonds is 4. The molecule has 4 heteroatoms. The minimum absolute atomic E-state index is 0.00116. The lowest BCUT2D eigenvalue weighted by atomic mass is 10.1. The summed E-state index contributed by atoms with van der Waals surface area (Å²) in [5.74, 6) is 0.795. The van der Waals surface area contributed by atoms with Crippen LogP contribution in [0.25, 0.3) is 0 Å². The first kappa shape index (κ1) is 10.3. The lowest BCUT2D eigenvalue weighted by molar-refractivity contribution is 0.450. The Labute approximate surface area is 93.0 Å². The fourth-order valence-electron chi connectivity index (χ4n) is 1.51. The van der Waals surface area contributed by atoms with Crippen molar-refractivity contribution in [3.63, 3.8) is 0 Å². The second kappa shape index (κ2) is 4.55. The van der Waals surface area contributed by atoms with Crippen LogP contribution in [0, 0.1) is 0 Å². The van der Waals surface area contributed by atoms with Gasteiger partial charge in [-0.15, -0.1) is 0 Å². The van der Waals surface area contributed by atoms with Crippen LogP contribution in [0.4, 0.5) is 0 Å². The molecule has 2 rings (SSSR count). The number of halogens is 1. The lowest BCUT2D eigenvalue weighted by Crippen LogP contribution is -2.20. The lowest BCUT2D eigenvalue weighted by Gasteiger charge is -2.12. The van der Waals surface area contributed by atoms with Gasteiger partial charge in [0.1, 0.15) is 5.76 Å². The molecule has 0 aliphatic rings. The van der Waals surface area contributed by atoms with E-state index in [9.17, 15) is 0 Å².